The van der Waals surface area contributed by atoms with Gasteiger partial charge in [-0.25, -0.2) is 4.98 Å². The highest BCUT2D eigenvalue weighted by atomic mass is 15.0. The van der Waals surface area contributed by atoms with Gasteiger partial charge in [0.15, 0.2) is 0 Å². The molecule has 0 bridgehead atoms. The lowest BCUT2D eigenvalue weighted by Crippen LogP contribution is -2.15. The molecule has 1 N–H and O–H groups in total. The Morgan fingerprint density at radius 3 is 2.90 bits per heavy atom. The van der Waals surface area contributed by atoms with E-state index in [-0.39, 0.29) is 0 Å². The molecular formula is C17H20N4. The standard InChI is InChI=1S/C17H20N4/c1-2-6-17-15(5-1)11-20-13-16(17)12-18-7-3-4-9-21-10-8-19-14-21/h1-2,5-6,8,10-11,13-14,18H,3-4,7,9,12H2. The number of imidazole rings is 1. The summed E-state index contributed by atoms with van der Waals surface area (Å²) in [4.78, 5) is 8.36. The minimum atomic E-state index is 0.874. The molecule has 0 fully saturated rings. The third-order valence-electron chi connectivity index (χ3n) is 3.65. The molecule has 0 aliphatic heterocycles. The van der Waals surface area contributed by atoms with E-state index in [1.165, 1.54) is 16.3 Å². The normalized spacial score (nSPS) is 11.0. The maximum Gasteiger partial charge on any atom is 0.0945 e. The van der Waals surface area contributed by atoms with Gasteiger partial charge in [-0.15, -0.1) is 0 Å². The Kier molecular flexibility index (Phi) is 4.59. The van der Waals surface area contributed by atoms with E-state index in [0.29, 0.717) is 0 Å². The number of unbranched alkanes of at least 4 members (excludes halogenated alkanes) is 1. The summed E-state index contributed by atoms with van der Waals surface area (Å²) in [5.74, 6) is 0. The second-order valence-electron chi connectivity index (χ2n) is 5.20. The highest BCUT2D eigenvalue weighted by Crippen LogP contribution is 2.16. The van der Waals surface area contributed by atoms with Gasteiger partial charge in [0.1, 0.15) is 0 Å². The number of nitrogens with zero attached hydrogens (tertiary/aromatic N) is 3. The molecule has 0 radical (unpaired) electrons. The number of pyridine rings is 1. The van der Waals surface area contributed by atoms with Crippen LogP contribution in [0.25, 0.3) is 10.8 Å². The van der Waals surface area contributed by atoms with Gasteiger partial charge < -0.3 is 9.88 Å². The van der Waals surface area contributed by atoms with Crippen LogP contribution in [0.2, 0.25) is 0 Å². The molecule has 108 valence electrons. The lowest BCUT2D eigenvalue weighted by molar-refractivity contribution is 0.568. The highest BCUT2D eigenvalue weighted by molar-refractivity contribution is 5.84. The number of hydrogen-bond acceptors (Lipinski definition) is 3. The van der Waals surface area contributed by atoms with E-state index in [4.69, 9.17) is 0 Å². The Bertz CT molecular complexity index is 671. The van der Waals surface area contributed by atoms with Crippen LogP contribution in [0.4, 0.5) is 0 Å². The van der Waals surface area contributed by atoms with Gasteiger partial charge in [-0.05, 0) is 30.3 Å². The first-order valence-corrected chi connectivity index (χ1v) is 7.41. The number of fused-ring (bicyclic) bond motifs is 1. The third kappa shape index (κ3) is 3.67. The third-order valence-corrected chi connectivity index (χ3v) is 3.65. The summed E-state index contributed by atoms with van der Waals surface area (Å²) < 4.78 is 2.12. The Balaban J connectivity index is 1.44. The Labute approximate surface area is 124 Å². The lowest BCUT2D eigenvalue weighted by atomic mass is 10.1. The summed E-state index contributed by atoms with van der Waals surface area (Å²) in [6, 6.07) is 8.40. The zero-order chi connectivity index (χ0) is 14.3. The molecule has 0 atom stereocenters. The van der Waals surface area contributed by atoms with Crippen molar-refractivity contribution in [1.82, 2.24) is 19.9 Å². The monoisotopic (exact) mass is 280 g/mol. The van der Waals surface area contributed by atoms with Gasteiger partial charge >= 0.3 is 0 Å². The fourth-order valence-corrected chi connectivity index (χ4v) is 2.51. The predicted molar refractivity (Wildman–Crippen MR) is 84.9 cm³/mol. The fraction of sp³-hybridized carbons (Fsp3) is 0.294. The zero-order valence-corrected chi connectivity index (χ0v) is 12.1. The van der Waals surface area contributed by atoms with Gasteiger partial charge in [-0.2, -0.15) is 0 Å². The van der Waals surface area contributed by atoms with E-state index < -0.39 is 0 Å². The van der Waals surface area contributed by atoms with E-state index in [1.54, 1.807) is 0 Å². The van der Waals surface area contributed by atoms with Crippen LogP contribution in [0.5, 0.6) is 0 Å². The average Bonchev–Trinajstić information content (AvgIpc) is 3.04. The summed E-state index contributed by atoms with van der Waals surface area (Å²) in [7, 11) is 0. The van der Waals surface area contributed by atoms with E-state index >= 15 is 0 Å². The molecule has 1 aromatic carbocycles. The first-order valence-electron chi connectivity index (χ1n) is 7.41. The van der Waals surface area contributed by atoms with Crippen molar-refractivity contribution in [3.05, 3.63) is 60.9 Å². The van der Waals surface area contributed by atoms with Crippen molar-refractivity contribution in [2.45, 2.75) is 25.9 Å². The maximum absolute atomic E-state index is 4.31. The summed E-state index contributed by atoms with van der Waals surface area (Å²) in [5.41, 5.74) is 1.27. The first-order chi connectivity index (χ1) is 10.4. The van der Waals surface area contributed by atoms with Crippen molar-refractivity contribution in [3.63, 3.8) is 0 Å². The first kappa shape index (κ1) is 13.8. The quantitative estimate of drug-likeness (QED) is 0.677. The largest absolute Gasteiger partial charge is 0.337 e. The SMILES string of the molecule is c1ccc2c(CNCCCCn3ccnc3)cncc2c1. The summed E-state index contributed by atoms with van der Waals surface area (Å²) >= 11 is 0. The number of hydrogen-bond donors (Lipinski definition) is 1. The van der Waals surface area contributed by atoms with Crippen LogP contribution in [0.1, 0.15) is 18.4 Å². The molecule has 0 saturated carbocycles. The molecule has 0 saturated heterocycles. The van der Waals surface area contributed by atoms with E-state index in [9.17, 15) is 0 Å². The predicted octanol–water partition coefficient (Wildman–Crippen LogP) is 3.00. The summed E-state index contributed by atoms with van der Waals surface area (Å²) in [5, 5.41) is 6.00. The van der Waals surface area contributed by atoms with Crippen molar-refractivity contribution in [2.24, 2.45) is 0 Å². The summed E-state index contributed by atoms with van der Waals surface area (Å²) in [6.07, 6.45) is 11.9. The Morgan fingerprint density at radius 1 is 1.05 bits per heavy atom. The van der Waals surface area contributed by atoms with Crippen LogP contribution in [0, 0.1) is 0 Å². The van der Waals surface area contributed by atoms with Crippen LogP contribution in [0.15, 0.2) is 55.4 Å². The topological polar surface area (TPSA) is 42.7 Å². The molecule has 3 rings (SSSR count). The van der Waals surface area contributed by atoms with Gasteiger partial charge in [-0.1, -0.05) is 24.3 Å². The smallest absolute Gasteiger partial charge is 0.0945 e. The molecule has 0 aliphatic carbocycles. The molecule has 0 spiro atoms. The van der Waals surface area contributed by atoms with Crippen LogP contribution < -0.4 is 5.32 Å². The molecule has 0 unspecified atom stereocenters. The van der Waals surface area contributed by atoms with Gasteiger partial charge in [0, 0.05) is 43.3 Å². The molecule has 4 heteroatoms. The van der Waals surface area contributed by atoms with Gasteiger partial charge in [-0.3, -0.25) is 4.98 Å². The minimum Gasteiger partial charge on any atom is -0.337 e. The van der Waals surface area contributed by atoms with Crippen molar-refractivity contribution in [2.75, 3.05) is 6.54 Å². The maximum atomic E-state index is 4.31. The lowest BCUT2D eigenvalue weighted by Gasteiger charge is -2.08. The van der Waals surface area contributed by atoms with Gasteiger partial charge in [0.25, 0.3) is 0 Å². The van der Waals surface area contributed by atoms with Crippen LogP contribution >= 0.6 is 0 Å². The molecule has 4 nitrogen and oxygen atoms in total. The molecule has 3 aromatic rings. The number of aryl methyl sites for hydroxylation is 1. The number of benzene rings is 1. The van der Waals surface area contributed by atoms with E-state index in [0.717, 1.165) is 32.5 Å². The number of aromatic nitrogens is 3. The Hall–Kier alpha value is -2.20. The molecule has 2 heterocycles. The molecule has 2 aromatic heterocycles. The minimum absolute atomic E-state index is 0.874. The molecule has 21 heavy (non-hydrogen) atoms. The van der Waals surface area contributed by atoms with Crippen molar-refractivity contribution < 1.29 is 0 Å². The second-order valence-corrected chi connectivity index (χ2v) is 5.20. The van der Waals surface area contributed by atoms with Crippen molar-refractivity contribution >= 4 is 10.8 Å². The van der Waals surface area contributed by atoms with E-state index in [1.807, 2.05) is 31.1 Å². The van der Waals surface area contributed by atoms with Crippen LogP contribution in [-0.2, 0) is 13.1 Å². The molecular weight excluding hydrogens is 260 g/mol. The van der Waals surface area contributed by atoms with E-state index in [2.05, 4.69) is 44.1 Å². The van der Waals surface area contributed by atoms with Crippen molar-refractivity contribution in [3.8, 4) is 0 Å². The van der Waals surface area contributed by atoms with Gasteiger partial charge in [0.2, 0.25) is 0 Å². The molecule has 0 aliphatic rings. The Morgan fingerprint density at radius 2 is 2.00 bits per heavy atom. The van der Waals surface area contributed by atoms with Gasteiger partial charge in [0.05, 0.1) is 6.33 Å². The summed E-state index contributed by atoms with van der Waals surface area (Å²) in [6.45, 7) is 2.94. The van der Waals surface area contributed by atoms with Crippen molar-refractivity contribution in [1.29, 1.82) is 0 Å². The second kappa shape index (κ2) is 6.99. The van der Waals surface area contributed by atoms with Crippen LogP contribution in [-0.4, -0.2) is 21.1 Å². The zero-order valence-electron chi connectivity index (χ0n) is 12.1. The number of rotatable bonds is 7. The number of nitrogens with one attached hydrogen (secondary N) is 1. The van der Waals surface area contributed by atoms with Crippen LogP contribution in [0.3, 0.4) is 0 Å². The molecule has 0 amide bonds. The highest BCUT2D eigenvalue weighted by Gasteiger charge is 2.00. The average molecular weight is 280 g/mol. The fourth-order valence-electron chi connectivity index (χ4n) is 2.51.